The molecule has 112 valence electrons. The molecule has 0 atom stereocenters. The fraction of sp³-hybridized carbons (Fsp3) is 0.400. The zero-order valence-corrected chi connectivity index (χ0v) is 12.5. The third-order valence-corrected chi connectivity index (χ3v) is 2.91. The van der Waals surface area contributed by atoms with Crippen molar-refractivity contribution in [2.75, 3.05) is 0 Å². The molecule has 0 bridgehead atoms. The molecule has 0 spiro atoms. The SMILES string of the molecule is Cc1cc(C(=O)O)ccc1OCc1nc(C(C)(C)C)no1. The fourth-order valence-electron chi connectivity index (χ4n) is 1.70. The van der Waals surface area contributed by atoms with Crippen LogP contribution in [0.3, 0.4) is 0 Å². The summed E-state index contributed by atoms with van der Waals surface area (Å²) < 4.78 is 10.7. The molecule has 1 N–H and O–H groups in total. The number of ether oxygens (including phenoxy) is 1. The normalized spacial score (nSPS) is 11.4. The maximum atomic E-state index is 10.9. The summed E-state index contributed by atoms with van der Waals surface area (Å²) >= 11 is 0. The molecule has 0 unspecified atom stereocenters. The van der Waals surface area contributed by atoms with Crippen molar-refractivity contribution >= 4 is 5.97 Å². The molecule has 21 heavy (non-hydrogen) atoms. The van der Waals surface area contributed by atoms with Crippen molar-refractivity contribution in [3.8, 4) is 5.75 Å². The molecule has 2 rings (SSSR count). The number of hydrogen-bond acceptors (Lipinski definition) is 5. The largest absolute Gasteiger partial charge is 0.483 e. The number of aromatic carboxylic acids is 1. The molecule has 0 aliphatic carbocycles. The Morgan fingerprint density at radius 3 is 2.62 bits per heavy atom. The molecule has 0 saturated carbocycles. The highest BCUT2D eigenvalue weighted by Crippen LogP contribution is 2.22. The Morgan fingerprint density at radius 1 is 1.38 bits per heavy atom. The molecular weight excluding hydrogens is 272 g/mol. The number of benzene rings is 1. The number of carbonyl (C=O) groups is 1. The van der Waals surface area contributed by atoms with Gasteiger partial charge in [0.05, 0.1) is 5.56 Å². The van der Waals surface area contributed by atoms with E-state index < -0.39 is 5.97 Å². The zero-order chi connectivity index (χ0) is 15.6. The highest BCUT2D eigenvalue weighted by atomic mass is 16.5. The number of hydrogen-bond donors (Lipinski definition) is 1. The number of rotatable bonds is 4. The molecule has 1 aromatic heterocycles. The van der Waals surface area contributed by atoms with Crippen LogP contribution in [0.2, 0.25) is 0 Å². The summed E-state index contributed by atoms with van der Waals surface area (Å²) in [6.45, 7) is 7.93. The van der Waals surface area contributed by atoms with Gasteiger partial charge in [0.15, 0.2) is 12.4 Å². The van der Waals surface area contributed by atoms with E-state index >= 15 is 0 Å². The van der Waals surface area contributed by atoms with Gasteiger partial charge in [-0.25, -0.2) is 4.79 Å². The molecule has 0 fully saturated rings. The number of aryl methyl sites for hydroxylation is 1. The minimum atomic E-state index is -0.962. The van der Waals surface area contributed by atoms with Gasteiger partial charge in [0.25, 0.3) is 5.89 Å². The van der Waals surface area contributed by atoms with Crippen molar-refractivity contribution in [2.45, 2.75) is 39.7 Å². The van der Waals surface area contributed by atoms with Gasteiger partial charge in [-0.05, 0) is 30.7 Å². The summed E-state index contributed by atoms with van der Waals surface area (Å²) in [6, 6.07) is 4.69. The number of nitrogens with zero attached hydrogens (tertiary/aromatic N) is 2. The Hall–Kier alpha value is -2.37. The van der Waals surface area contributed by atoms with Crippen LogP contribution in [0.5, 0.6) is 5.75 Å². The van der Waals surface area contributed by atoms with E-state index in [2.05, 4.69) is 10.1 Å². The number of carboxylic acids is 1. The smallest absolute Gasteiger partial charge is 0.335 e. The molecule has 0 saturated heterocycles. The first-order valence-electron chi connectivity index (χ1n) is 6.57. The van der Waals surface area contributed by atoms with Crippen LogP contribution >= 0.6 is 0 Å². The highest BCUT2D eigenvalue weighted by molar-refractivity contribution is 5.88. The van der Waals surface area contributed by atoms with E-state index in [-0.39, 0.29) is 17.6 Å². The molecule has 6 nitrogen and oxygen atoms in total. The standard InChI is InChI=1S/C15H18N2O4/c1-9-7-10(13(18)19)5-6-11(9)20-8-12-16-14(17-21-12)15(2,3)4/h5-7H,8H2,1-4H3,(H,18,19). The zero-order valence-electron chi connectivity index (χ0n) is 12.5. The maximum absolute atomic E-state index is 10.9. The van der Waals surface area contributed by atoms with E-state index in [9.17, 15) is 4.79 Å². The topological polar surface area (TPSA) is 85.5 Å². The van der Waals surface area contributed by atoms with Crippen molar-refractivity contribution in [1.29, 1.82) is 0 Å². The first-order chi connectivity index (χ1) is 9.77. The molecule has 1 aromatic carbocycles. The Morgan fingerprint density at radius 2 is 2.10 bits per heavy atom. The van der Waals surface area contributed by atoms with Gasteiger partial charge in [-0.1, -0.05) is 25.9 Å². The van der Waals surface area contributed by atoms with E-state index in [1.807, 2.05) is 20.8 Å². The second kappa shape index (κ2) is 5.55. The van der Waals surface area contributed by atoms with E-state index in [1.54, 1.807) is 19.1 Å². The second-order valence-electron chi connectivity index (χ2n) is 5.84. The molecule has 6 heteroatoms. The predicted octanol–water partition coefficient (Wildman–Crippen LogP) is 2.95. The monoisotopic (exact) mass is 290 g/mol. The molecule has 0 aliphatic rings. The van der Waals surface area contributed by atoms with Gasteiger partial charge in [-0.15, -0.1) is 0 Å². The van der Waals surface area contributed by atoms with Crippen molar-refractivity contribution in [3.63, 3.8) is 0 Å². The Kier molecular flexibility index (Phi) is 3.97. The summed E-state index contributed by atoms with van der Waals surface area (Å²) in [5.74, 6) is 0.646. The summed E-state index contributed by atoms with van der Waals surface area (Å²) in [7, 11) is 0. The Bertz CT molecular complexity index is 656. The molecule has 0 radical (unpaired) electrons. The first-order valence-corrected chi connectivity index (χ1v) is 6.57. The summed E-state index contributed by atoms with van der Waals surface area (Å²) in [4.78, 5) is 15.1. The quantitative estimate of drug-likeness (QED) is 0.931. The van der Waals surface area contributed by atoms with Crippen LogP contribution < -0.4 is 4.74 Å². The minimum absolute atomic E-state index is 0.149. The molecular formula is C15H18N2O4. The average molecular weight is 290 g/mol. The van der Waals surface area contributed by atoms with E-state index in [0.29, 0.717) is 17.5 Å². The van der Waals surface area contributed by atoms with Crippen LogP contribution in [0.25, 0.3) is 0 Å². The Balaban J connectivity index is 2.06. The highest BCUT2D eigenvalue weighted by Gasteiger charge is 2.21. The average Bonchev–Trinajstić information content (AvgIpc) is 2.85. The van der Waals surface area contributed by atoms with Gasteiger partial charge in [0.2, 0.25) is 0 Å². The molecule has 2 aromatic rings. The van der Waals surface area contributed by atoms with Crippen molar-refractivity contribution < 1.29 is 19.2 Å². The van der Waals surface area contributed by atoms with E-state index in [4.69, 9.17) is 14.4 Å². The number of aromatic nitrogens is 2. The van der Waals surface area contributed by atoms with Gasteiger partial charge >= 0.3 is 5.97 Å². The molecule has 0 amide bonds. The minimum Gasteiger partial charge on any atom is -0.483 e. The predicted molar refractivity (Wildman–Crippen MR) is 75.5 cm³/mol. The summed E-state index contributed by atoms with van der Waals surface area (Å²) in [5, 5.41) is 12.8. The molecule has 0 aliphatic heterocycles. The Labute approximate surface area is 122 Å². The van der Waals surface area contributed by atoms with Crippen LogP contribution in [-0.4, -0.2) is 21.2 Å². The summed E-state index contributed by atoms with van der Waals surface area (Å²) in [6.07, 6.45) is 0. The van der Waals surface area contributed by atoms with Crippen LogP contribution in [-0.2, 0) is 12.0 Å². The molecule has 1 heterocycles. The van der Waals surface area contributed by atoms with Gasteiger partial charge in [-0.2, -0.15) is 4.98 Å². The van der Waals surface area contributed by atoms with Gasteiger partial charge in [-0.3, -0.25) is 0 Å². The van der Waals surface area contributed by atoms with Crippen molar-refractivity contribution in [2.24, 2.45) is 0 Å². The second-order valence-corrected chi connectivity index (χ2v) is 5.84. The third kappa shape index (κ3) is 3.59. The van der Waals surface area contributed by atoms with E-state index in [0.717, 1.165) is 5.56 Å². The number of carboxylic acid groups (broad SMARTS) is 1. The van der Waals surface area contributed by atoms with Crippen LogP contribution in [0.4, 0.5) is 0 Å². The first kappa shape index (κ1) is 15.0. The van der Waals surface area contributed by atoms with Crippen molar-refractivity contribution in [3.05, 3.63) is 41.0 Å². The lowest BCUT2D eigenvalue weighted by Gasteiger charge is -2.11. The fourth-order valence-corrected chi connectivity index (χ4v) is 1.70. The maximum Gasteiger partial charge on any atom is 0.335 e. The summed E-state index contributed by atoms with van der Waals surface area (Å²) in [5.41, 5.74) is 0.791. The lowest BCUT2D eigenvalue weighted by molar-refractivity contribution is 0.0696. The van der Waals surface area contributed by atoms with Gasteiger partial charge in [0, 0.05) is 5.41 Å². The van der Waals surface area contributed by atoms with Crippen LogP contribution in [0, 0.1) is 6.92 Å². The van der Waals surface area contributed by atoms with Crippen LogP contribution in [0.1, 0.15) is 48.4 Å². The third-order valence-electron chi connectivity index (χ3n) is 2.91. The van der Waals surface area contributed by atoms with E-state index in [1.165, 1.54) is 6.07 Å². The van der Waals surface area contributed by atoms with Crippen LogP contribution in [0.15, 0.2) is 22.7 Å². The van der Waals surface area contributed by atoms with Crippen molar-refractivity contribution in [1.82, 2.24) is 10.1 Å². The van der Waals surface area contributed by atoms with Gasteiger partial charge in [0.1, 0.15) is 5.75 Å². The van der Waals surface area contributed by atoms with Gasteiger partial charge < -0.3 is 14.4 Å². The lowest BCUT2D eigenvalue weighted by atomic mass is 9.96. The lowest BCUT2D eigenvalue weighted by Crippen LogP contribution is -2.13.